The SMILES string of the molecule is Cc1cc(O)c(C(=O)/C=C(\[O-])c2ccccc2)cc1Cl. The van der Waals surface area contributed by atoms with Crippen LogP contribution in [-0.4, -0.2) is 10.9 Å². The van der Waals surface area contributed by atoms with Crippen LogP contribution in [0.2, 0.25) is 5.02 Å². The third-order valence-electron chi connectivity index (χ3n) is 2.86. The zero-order chi connectivity index (χ0) is 14.7. The van der Waals surface area contributed by atoms with Gasteiger partial charge in [-0.3, -0.25) is 4.79 Å². The maximum absolute atomic E-state index is 12.0. The first-order valence-corrected chi connectivity index (χ1v) is 6.34. The molecular weight excluding hydrogens is 276 g/mol. The van der Waals surface area contributed by atoms with Gasteiger partial charge in [0.2, 0.25) is 0 Å². The number of allylic oxidation sites excluding steroid dienone is 1. The molecule has 0 unspecified atom stereocenters. The van der Waals surface area contributed by atoms with Gasteiger partial charge in [-0.05, 0) is 36.3 Å². The number of rotatable bonds is 3. The van der Waals surface area contributed by atoms with Gasteiger partial charge in [-0.15, -0.1) is 0 Å². The molecule has 0 amide bonds. The predicted molar refractivity (Wildman–Crippen MR) is 76.6 cm³/mol. The summed E-state index contributed by atoms with van der Waals surface area (Å²) in [6, 6.07) is 11.2. The van der Waals surface area contributed by atoms with E-state index >= 15 is 0 Å². The first-order valence-electron chi connectivity index (χ1n) is 5.96. The lowest BCUT2D eigenvalue weighted by Crippen LogP contribution is -2.06. The van der Waals surface area contributed by atoms with E-state index in [1.54, 1.807) is 37.3 Å². The molecule has 0 spiro atoms. The quantitative estimate of drug-likeness (QED) is 0.536. The standard InChI is InChI=1S/C16H13ClO3/c1-10-7-15(19)12(8-13(10)17)16(20)9-14(18)11-5-3-2-4-6-11/h2-9,18-19H,1H3/p-1/b14-9-. The maximum atomic E-state index is 12.0. The molecule has 0 aliphatic carbocycles. The van der Waals surface area contributed by atoms with Crippen LogP contribution in [0.1, 0.15) is 21.5 Å². The molecule has 2 rings (SSSR count). The Labute approximate surface area is 121 Å². The van der Waals surface area contributed by atoms with Crippen molar-refractivity contribution in [3.8, 4) is 5.75 Å². The van der Waals surface area contributed by atoms with E-state index in [1.807, 2.05) is 0 Å². The van der Waals surface area contributed by atoms with E-state index < -0.39 is 11.5 Å². The monoisotopic (exact) mass is 287 g/mol. The van der Waals surface area contributed by atoms with Crippen LogP contribution >= 0.6 is 11.6 Å². The largest absolute Gasteiger partial charge is 0.872 e. The van der Waals surface area contributed by atoms with E-state index in [4.69, 9.17) is 11.6 Å². The highest BCUT2D eigenvalue weighted by Gasteiger charge is 2.11. The van der Waals surface area contributed by atoms with Crippen molar-refractivity contribution in [2.24, 2.45) is 0 Å². The van der Waals surface area contributed by atoms with Crippen LogP contribution < -0.4 is 5.11 Å². The summed E-state index contributed by atoms with van der Waals surface area (Å²) in [5.74, 6) is -1.17. The second-order valence-electron chi connectivity index (χ2n) is 4.36. The first-order chi connectivity index (χ1) is 9.49. The van der Waals surface area contributed by atoms with Crippen LogP contribution in [0.5, 0.6) is 5.75 Å². The number of phenolic OH excluding ortho intramolecular Hbond substituents is 1. The minimum atomic E-state index is -0.571. The Bertz CT molecular complexity index is 676. The van der Waals surface area contributed by atoms with Gasteiger partial charge in [0.05, 0.1) is 5.56 Å². The second-order valence-corrected chi connectivity index (χ2v) is 4.76. The third-order valence-corrected chi connectivity index (χ3v) is 3.27. The van der Waals surface area contributed by atoms with E-state index in [1.165, 1.54) is 12.1 Å². The molecule has 4 heteroatoms. The van der Waals surface area contributed by atoms with E-state index in [9.17, 15) is 15.0 Å². The lowest BCUT2D eigenvalue weighted by molar-refractivity contribution is -0.243. The molecule has 0 heterocycles. The van der Waals surface area contributed by atoms with Gasteiger partial charge >= 0.3 is 0 Å². The van der Waals surface area contributed by atoms with Crippen LogP contribution in [0.3, 0.4) is 0 Å². The van der Waals surface area contributed by atoms with Crippen molar-refractivity contribution in [1.82, 2.24) is 0 Å². The molecule has 0 aliphatic heterocycles. The van der Waals surface area contributed by atoms with Crippen molar-refractivity contribution in [1.29, 1.82) is 0 Å². The minimum Gasteiger partial charge on any atom is -0.872 e. The van der Waals surface area contributed by atoms with Crippen LogP contribution in [0.4, 0.5) is 0 Å². The molecule has 3 nitrogen and oxygen atoms in total. The number of benzene rings is 2. The van der Waals surface area contributed by atoms with Gasteiger partial charge in [0.1, 0.15) is 5.75 Å². The Kier molecular flexibility index (Phi) is 4.11. The highest BCUT2D eigenvalue weighted by Crippen LogP contribution is 2.26. The highest BCUT2D eigenvalue weighted by molar-refractivity contribution is 6.32. The fraction of sp³-hybridized carbons (Fsp3) is 0.0625. The van der Waals surface area contributed by atoms with Crippen molar-refractivity contribution >= 4 is 23.1 Å². The molecule has 20 heavy (non-hydrogen) atoms. The Hall–Kier alpha value is -2.26. The van der Waals surface area contributed by atoms with Gasteiger partial charge in [0.25, 0.3) is 0 Å². The third kappa shape index (κ3) is 3.00. The topological polar surface area (TPSA) is 60.4 Å². The molecular formula is C16H12ClO3-. The predicted octanol–water partition coefficient (Wildman–Crippen LogP) is 2.94. The zero-order valence-corrected chi connectivity index (χ0v) is 11.5. The lowest BCUT2D eigenvalue weighted by Gasteiger charge is -2.12. The average molecular weight is 288 g/mol. The summed E-state index contributed by atoms with van der Waals surface area (Å²) in [5.41, 5.74) is 1.10. The summed E-state index contributed by atoms with van der Waals surface area (Å²) < 4.78 is 0. The van der Waals surface area contributed by atoms with E-state index in [0.717, 1.165) is 6.08 Å². The van der Waals surface area contributed by atoms with E-state index in [2.05, 4.69) is 0 Å². The van der Waals surface area contributed by atoms with Gasteiger partial charge in [-0.2, -0.15) is 0 Å². The summed E-state index contributed by atoms with van der Waals surface area (Å²) in [4.78, 5) is 12.0. The number of aromatic hydroxyl groups is 1. The molecule has 0 aromatic heterocycles. The van der Waals surface area contributed by atoms with E-state index in [0.29, 0.717) is 16.1 Å². The van der Waals surface area contributed by atoms with Gasteiger partial charge in [-0.25, -0.2) is 0 Å². The summed E-state index contributed by atoms with van der Waals surface area (Å²) in [7, 11) is 0. The summed E-state index contributed by atoms with van der Waals surface area (Å²) >= 11 is 5.92. The number of carbonyl (C=O) groups excluding carboxylic acids is 1. The molecule has 0 bridgehead atoms. The van der Waals surface area contributed by atoms with Gasteiger partial charge < -0.3 is 10.2 Å². The normalized spacial score (nSPS) is 11.4. The highest BCUT2D eigenvalue weighted by atomic mass is 35.5. The number of halogens is 1. The summed E-state index contributed by atoms with van der Waals surface area (Å²) in [6.45, 7) is 1.72. The smallest absolute Gasteiger partial charge is 0.189 e. The number of carbonyl (C=O) groups is 1. The Morgan fingerprint density at radius 1 is 1.25 bits per heavy atom. The van der Waals surface area contributed by atoms with Crippen molar-refractivity contribution in [2.45, 2.75) is 6.92 Å². The van der Waals surface area contributed by atoms with Crippen molar-refractivity contribution in [3.63, 3.8) is 0 Å². The van der Waals surface area contributed by atoms with Crippen molar-refractivity contribution in [2.75, 3.05) is 0 Å². The fourth-order valence-electron chi connectivity index (χ4n) is 1.75. The first kappa shape index (κ1) is 14.2. The van der Waals surface area contributed by atoms with Crippen LogP contribution in [0, 0.1) is 6.92 Å². The fourth-order valence-corrected chi connectivity index (χ4v) is 1.91. The summed E-state index contributed by atoms with van der Waals surface area (Å²) in [6.07, 6.45) is 0.954. The van der Waals surface area contributed by atoms with Gasteiger partial charge in [0.15, 0.2) is 5.78 Å². The second kappa shape index (κ2) is 5.80. The van der Waals surface area contributed by atoms with Crippen LogP contribution in [0.15, 0.2) is 48.5 Å². The molecule has 0 atom stereocenters. The number of phenols is 1. The molecule has 0 aliphatic rings. The Morgan fingerprint density at radius 3 is 2.55 bits per heavy atom. The maximum Gasteiger partial charge on any atom is 0.189 e. The molecule has 0 radical (unpaired) electrons. The minimum absolute atomic E-state index is 0.0184. The van der Waals surface area contributed by atoms with Gasteiger partial charge in [-0.1, -0.05) is 47.7 Å². The molecule has 0 fully saturated rings. The number of ketones is 1. The zero-order valence-electron chi connectivity index (χ0n) is 10.8. The molecule has 2 aromatic rings. The number of aryl methyl sites for hydroxylation is 1. The van der Waals surface area contributed by atoms with E-state index in [-0.39, 0.29) is 11.3 Å². The Balaban J connectivity index is 2.35. The van der Waals surface area contributed by atoms with Crippen molar-refractivity contribution in [3.05, 3.63) is 70.3 Å². The summed E-state index contributed by atoms with van der Waals surface area (Å²) in [5, 5.41) is 22.0. The lowest BCUT2D eigenvalue weighted by atomic mass is 10.0. The molecule has 0 saturated heterocycles. The van der Waals surface area contributed by atoms with Crippen LogP contribution in [0.25, 0.3) is 5.76 Å². The average Bonchev–Trinajstić information content (AvgIpc) is 2.43. The molecule has 0 saturated carbocycles. The molecule has 1 N–H and O–H groups in total. The molecule has 102 valence electrons. The molecule has 2 aromatic carbocycles. The number of hydrogen-bond donors (Lipinski definition) is 1. The number of hydrogen-bond acceptors (Lipinski definition) is 3. The van der Waals surface area contributed by atoms with Crippen LogP contribution in [-0.2, 0) is 0 Å². The Morgan fingerprint density at radius 2 is 1.90 bits per heavy atom. The van der Waals surface area contributed by atoms with Gasteiger partial charge in [0, 0.05) is 5.02 Å². The van der Waals surface area contributed by atoms with Crippen molar-refractivity contribution < 1.29 is 15.0 Å².